The molecule has 182 valence electrons. The van der Waals surface area contributed by atoms with Crippen molar-refractivity contribution in [3.05, 3.63) is 100 Å². The summed E-state index contributed by atoms with van der Waals surface area (Å²) in [5.74, 6) is 1.63. The molecule has 1 fully saturated rings. The first-order valence-corrected chi connectivity index (χ1v) is 12.3. The van der Waals surface area contributed by atoms with Crippen LogP contribution in [0.3, 0.4) is 0 Å². The van der Waals surface area contributed by atoms with E-state index in [2.05, 4.69) is 45.3 Å². The number of nitrogens with one attached hydrogen (secondary N) is 2. The third-order valence-corrected chi connectivity index (χ3v) is 6.81. The lowest BCUT2D eigenvalue weighted by molar-refractivity contribution is 0.122. The van der Waals surface area contributed by atoms with Gasteiger partial charge in [0.1, 0.15) is 11.5 Å². The quantitative estimate of drug-likeness (QED) is 0.363. The Kier molecular flexibility index (Phi) is 5.91. The number of H-pyrrole nitrogens is 1. The Balaban J connectivity index is 1.28. The lowest BCUT2D eigenvalue weighted by Gasteiger charge is -2.29. The predicted molar refractivity (Wildman–Crippen MR) is 141 cm³/mol. The summed E-state index contributed by atoms with van der Waals surface area (Å²) in [5.41, 5.74) is 6.82. The highest BCUT2D eigenvalue weighted by Gasteiger charge is 2.22. The molecule has 0 spiro atoms. The lowest BCUT2D eigenvalue weighted by atomic mass is 9.96. The SMILES string of the molecule is CC(Nc1ccc2c(c1)Cc1cccc(-c3cc(N4CCOCC4)cc(=O)[nH]3)c1O2)c1cccnc1. The Morgan fingerprint density at radius 1 is 1.03 bits per heavy atom. The number of benzene rings is 2. The Bertz CT molecular complexity index is 1440. The van der Waals surface area contributed by atoms with E-state index in [9.17, 15) is 4.79 Å². The maximum Gasteiger partial charge on any atom is 0.250 e. The maximum atomic E-state index is 12.6. The molecule has 1 saturated heterocycles. The Morgan fingerprint density at radius 3 is 2.75 bits per heavy atom. The van der Waals surface area contributed by atoms with E-state index in [-0.39, 0.29) is 11.6 Å². The smallest absolute Gasteiger partial charge is 0.250 e. The summed E-state index contributed by atoms with van der Waals surface area (Å²) in [6.07, 6.45) is 4.42. The first-order valence-electron chi connectivity index (χ1n) is 12.3. The van der Waals surface area contributed by atoms with Gasteiger partial charge in [-0.25, -0.2) is 0 Å². The molecule has 2 aromatic heterocycles. The fourth-order valence-electron chi connectivity index (χ4n) is 4.92. The zero-order valence-electron chi connectivity index (χ0n) is 20.2. The zero-order valence-corrected chi connectivity index (χ0v) is 20.2. The highest BCUT2D eigenvalue weighted by Crippen LogP contribution is 2.43. The van der Waals surface area contributed by atoms with Gasteiger partial charge in [-0.3, -0.25) is 9.78 Å². The molecule has 7 heteroatoms. The molecule has 0 bridgehead atoms. The summed E-state index contributed by atoms with van der Waals surface area (Å²) in [6, 6.07) is 20.2. The number of aromatic nitrogens is 2. The van der Waals surface area contributed by atoms with E-state index in [4.69, 9.17) is 9.47 Å². The maximum absolute atomic E-state index is 12.6. The second kappa shape index (κ2) is 9.51. The number of para-hydroxylation sites is 1. The lowest BCUT2D eigenvalue weighted by Crippen LogP contribution is -2.36. The van der Waals surface area contributed by atoms with E-state index in [0.29, 0.717) is 13.2 Å². The zero-order chi connectivity index (χ0) is 24.5. The van der Waals surface area contributed by atoms with Crippen molar-refractivity contribution in [2.24, 2.45) is 0 Å². The summed E-state index contributed by atoms with van der Waals surface area (Å²) < 4.78 is 11.9. The van der Waals surface area contributed by atoms with E-state index >= 15 is 0 Å². The number of hydrogen-bond donors (Lipinski definition) is 2. The minimum absolute atomic E-state index is 0.124. The van der Waals surface area contributed by atoms with Gasteiger partial charge in [-0.15, -0.1) is 0 Å². The van der Waals surface area contributed by atoms with Crippen molar-refractivity contribution >= 4 is 11.4 Å². The van der Waals surface area contributed by atoms with Gasteiger partial charge in [-0.1, -0.05) is 18.2 Å². The summed E-state index contributed by atoms with van der Waals surface area (Å²) >= 11 is 0. The van der Waals surface area contributed by atoms with Crippen LogP contribution in [0.25, 0.3) is 11.3 Å². The molecule has 1 unspecified atom stereocenters. The normalized spacial score (nSPS) is 15.4. The van der Waals surface area contributed by atoms with Gasteiger partial charge in [0, 0.05) is 60.5 Å². The second-order valence-corrected chi connectivity index (χ2v) is 9.26. The number of ether oxygens (including phenoxy) is 2. The second-order valence-electron chi connectivity index (χ2n) is 9.26. The minimum atomic E-state index is -0.124. The van der Waals surface area contributed by atoms with Gasteiger partial charge in [0.05, 0.1) is 24.9 Å². The van der Waals surface area contributed by atoms with E-state index in [0.717, 1.165) is 70.3 Å². The summed E-state index contributed by atoms with van der Waals surface area (Å²) in [6.45, 7) is 5.01. The summed E-state index contributed by atoms with van der Waals surface area (Å²) in [7, 11) is 0. The molecule has 2 aliphatic rings. The molecule has 4 heterocycles. The predicted octanol–water partition coefficient (Wildman–Crippen LogP) is 5.14. The highest BCUT2D eigenvalue weighted by molar-refractivity contribution is 5.74. The van der Waals surface area contributed by atoms with Crippen LogP contribution in [-0.2, 0) is 11.2 Å². The van der Waals surface area contributed by atoms with Crippen LogP contribution in [0.5, 0.6) is 11.5 Å². The fourth-order valence-corrected chi connectivity index (χ4v) is 4.92. The van der Waals surface area contributed by atoms with E-state index in [1.807, 2.05) is 42.6 Å². The first-order chi connectivity index (χ1) is 17.6. The van der Waals surface area contributed by atoms with Crippen LogP contribution < -0.4 is 20.5 Å². The molecule has 2 N–H and O–H groups in total. The molecule has 0 radical (unpaired) electrons. The molecule has 0 aliphatic carbocycles. The number of fused-ring (bicyclic) bond motifs is 2. The number of nitrogens with zero attached hydrogens (tertiary/aromatic N) is 2. The number of rotatable bonds is 5. The highest BCUT2D eigenvalue weighted by atomic mass is 16.5. The third-order valence-electron chi connectivity index (χ3n) is 6.81. The number of morpholine rings is 1. The van der Waals surface area contributed by atoms with Crippen molar-refractivity contribution in [3.63, 3.8) is 0 Å². The molecule has 2 aliphatic heterocycles. The van der Waals surface area contributed by atoms with Crippen LogP contribution in [0.4, 0.5) is 11.4 Å². The number of anilines is 2. The molecule has 6 rings (SSSR count). The minimum Gasteiger partial charge on any atom is -0.456 e. The fraction of sp³-hybridized carbons (Fsp3) is 0.241. The molecule has 0 saturated carbocycles. The Hall–Kier alpha value is -4.10. The van der Waals surface area contributed by atoms with Gasteiger partial charge < -0.3 is 24.7 Å². The van der Waals surface area contributed by atoms with Crippen molar-refractivity contribution < 1.29 is 9.47 Å². The summed E-state index contributed by atoms with van der Waals surface area (Å²) in [5, 5.41) is 3.56. The first kappa shape index (κ1) is 22.4. The van der Waals surface area contributed by atoms with E-state index in [1.54, 1.807) is 12.3 Å². The summed E-state index contributed by atoms with van der Waals surface area (Å²) in [4.78, 5) is 22.0. The third kappa shape index (κ3) is 4.45. The molecular weight excluding hydrogens is 452 g/mol. The Morgan fingerprint density at radius 2 is 1.92 bits per heavy atom. The number of pyridine rings is 2. The van der Waals surface area contributed by atoms with E-state index in [1.165, 1.54) is 0 Å². The standard InChI is InChI=1S/C29H28N4O3/c1-19(21-5-3-9-30-18-21)31-23-7-8-27-22(15-23)14-20-4-2-6-25(29(20)36-27)26-16-24(17-28(34)32-26)33-10-12-35-13-11-33/h2-9,15-19,31H,10-14H2,1H3,(H,32,34). The van der Waals surface area contributed by atoms with E-state index < -0.39 is 0 Å². The molecule has 0 amide bonds. The van der Waals surface area contributed by atoms with Gasteiger partial charge in [0.2, 0.25) is 5.56 Å². The van der Waals surface area contributed by atoms with Crippen molar-refractivity contribution in [3.8, 4) is 22.8 Å². The van der Waals surface area contributed by atoms with Gasteiger partial charge >= 0.3 is 0 Å². The molecule has 2 aromatic carbocycles. The van der Waals surface area contributed by atoms with Crippen LogP contribution in [-0.4, -0.2) is 36.3 Å². The molecule has 7 nitrogen and oxygen atoms in total. The van der Waals surface area contributed by atoms with Crippen LogP contribution in [0, 0.1) is 0 Å². The van der Waals surface area contributed by atoms with Crippen molar-refractivity contribution in [1.29, 1.82) is 0 Å². The topological polar surface area (TPSA) is 79.5 Å². The molecule has 4 aromatic rings. The van der Waals surface area contributed by atoms with Gasteiger partial charge in [0.15, 0.2) is 0 Å². The van der Waals surface area contributed by atoms with Gasteiger partial charge in [-0.2, -0.15) is 0 Å². The van der Waals surface area contributed by atoms with Crippen LogP contribution in [0.2, 0.25) is 0 Å². The van der Waals surface area contributed by atoms with Crippen molar-refractivity contribution in [2.45, 2.75) is 19.4 Å². The van der Waals surface area contributed by atoms with Crippen molar-refractivity contribution in [1.82, 2.24) is 9.97 Å². The Labute approximate surface area is 209 Å². The number of aromatic amines is 1. The average molecular weight is 481 g/mol. The largest absolute Gasteiger partial charge is 0.456 e. The van der Waals surface area contributed by atoms with Crippen LogP contribution in [0.15, 0.2) is 77.9 Å². The van der Waals surface area contributed by atoms with Gasteiger partial charge in [0.25, 0.3) is 0 Å². The van der Waals surface area contributed by atoms with Crippen molar-refractivity contribution in [2.75, 3.05) is 36.5 Å². The number of hydrogen-bond acceptors (Lipinski definition) is 6. The van der Waals surface area contributed by atoms with Gasteiger partial charge in [-0.05, 0) is 54.4 Å². The molecular formula is C29H28N4O3. The van der Waals surface area contributed by atoms with Crippen LogP contribution in [0.1, 0.15) is 29.7 Å². The van der Waals surface area contributed by atoms with Crippen LogP contribution >= 0.6 is 0 Å². The average Bonchev–Trinajstić information content (AvgIpc) is 2.92. The monoisotopic (exact) mass is 480 g/mol. The molecule has 36 heavy (non-hydrogen) atoms. The molecule has 1 atom stereocenters.